The third kappa shape index (κ3) is 8.49. The average Bonchev–Trinajstić information content (AvgIpc) is 3.27. The van der Waals surface area contributed by atoms with Crippen LogP contribution in [0.4, 0.5) is 13.6 Å². The molecule has 212 valence electrons. The van der Waals surface area contributed by atoms with Crippen LogP contribution < -0.4 is 5.32 Å². The number of rotatable bonds is 9. The molecule has 0 bridgehead atoms. The minimum atomic E-state index is -2.80. The van der Waals surface area contributed by atoms with Crippen LogP contribution >= 0.6 is 0 Å². The van der Waals surface area contributed by atoms with E-state index in [1.165, 1.54) is 11.0 Å². The van der Waals surface area contributed by atoms with Crippen LogP contribution in [0.15, 0.2) is 35.9 Å². The normalized spacial score (nSPS) is 20.7. The fraction of sp³-hybridized carbons (Fsp3) is 0.593. The highest BCUT2D eigenvalue weighted by molar-refractivity contribution is 6.43. The van der Waals surface area contributed by atoms with E-state index in [9.17, 15) is 33.7 Å². The molecule has 2 aliphatic heterocycles. The summed E-state index contributed by atoms with van der Waals surface area (Å²) in [6, 6.07) is 8.88. The molecule has 3 rings (SSSR count). The Balaban J connectivity index is 1.62. The van der Waals surface area contributed by atoms with Gasteiger partial charge in [-0.2, -0.15) is 5.26 Å². The molecular weight excluding hydrogens is 509 g/mol. The first-order chi connectivity index (χ1) is 18.3. The Kier molecular flexibility index (Phi) is 10.1. The minimum absolute atomic E-state index is 0.142. The fourth-order valence-corrected chi connectivity index (χ4v) is 4.98. The number of ether oxygens (including phenoxy) is 1. The van der Waals surface area contributed by atoms with Gasteiger partial charge < -0.3 is 25.0 Å². The Morgan fingerprint density at radius 3 is 2.56 bits per heavy atom. The first-order valence-corrected chi connectivity index (χ1v) is 13.2. The first-order valence-electron chi connectivity index (χ1n) is 13.2. The van der Waals surface area contributed by atoms with Gasteiger partial charge in [0.2, 0.25) is 0 Å². The molecule has 2 aliphatic rings. The SMILES string of the molecule is Cc1ccc(CC(NC(=O)OCC2CCCCN2C(=O)C(C#N)=CC(C)(C)N2CCC(F)(F)C2)B(O)O)cc1. The standard InChI is InChI=1S/C27H37BF2N4O5/c1-19-7-9-20(10-8-19)14-23(28(37)38)32-25(36)39-17-22-6-4-5-12-34(22)24(35)21(16-31)15-26(2,3)33-13-11-27(29,30)18-33/h7-10,15,22-23,37-38H,4-6,11-14,17-18H2,1-3H3,(H,32,36). The van der Waals surface area contributed by atoms with Gasteiger partial charge in [-0.25, -0.2) is 13.6 Å². The van der Waals surface area contributed by atoms with E-state index in [1.54, 1.807) is 18.7 Å². The number of halogens is 2. The zero-order chi connectivity index (χ0) is 28.8. The van der Waals surface area contributed by atoms with Crippen LogP contribution in [0, 0.1) is 18.3 Å². The Morgan fingerprint density at radius 2 is 1.97 bits per heavy atom. The van der Waals surface area contributed by atoms with Crippen molar-refractivity contribution in [3.05, 3.63) is 47.0 Å². The maximum Gasteiger partial charge on any atom is 0.475 e. The van der Waals surface area contributed by atoms with Gasteiger partial charge in [0, 0.05) is 25.0 Å². The lowest BCUT2D eigenvalue weighted by molar-refractivity contribution is -0.131. The maximum absolute atomic E-state index is 13.8. The van der Waals surface area contributed by atoms with Gasteiger partial charge in [0.15, 0.2) is 0 Å². The number of nitriles is 1. The molecule has 2 heterocycles. The molecule has 2 saturated heterocycles. The van der Waals surface area contributed by atoms with Crippen molar-refractivity contribution >= 4 is 19.1 Å². The zero-order valence-corrected chi connectivity index (χ0v) is 22.7. The van der Waals surface area contributed by atoms with Crippen molar-refractivity contribution in [1.29, 1.82) is 5.26 Å². The maximum atomic E-state index is 13.8. The molecule has 0 aliphatic carbocycles. The largest absolute Gasteiger partial charge is 0.475 e. The molecule has 12 heteroatoms. The van der Waals surface area contributed by atoms with Crippen molar-refractivity contribution in [2.75, 3.05) is 26.2 Å². The summed E-state index contributed by atoms with van der Waals surface area (Å²) in [5.41, 5.74) is 0.779. The second-order valence-electron chi connectivity index (χ2n) is 11.0. The summed E-state index contributed by atoms with van der Waals surface area (Å²) >= 11 is 0. The van der Waals surface area contributed by atoms with Gasteiger partial charge in [-0.3, -0.25) is 9.69 Å². The molecule has 3 N–H and O–H groups in total. The molecular formula is C27H37BF2N4O5. The van der Waals surface area contributed by atoms with Gasteiger partial charge >= 0.3 is 13.2 Å². The lowest BCUT2D eigenvalue weighted by atomic mass is 9.76. The summed E-state index contributed by atoms with van der Waals surface area (Å²) in [6.07, 6.45) is 2.55. The number of hydrogen-bond acceptors (Lipinski definition) is 7. The number of alkyl carbamates (subject to hydrolysis) is 1. The predicted octanol–water partition coefficient (Wildman–Crippen LogP) is 2.60. The molecule has 0 aromatic heterocycles. The highest BCUT2D eigenvalue weighted by Gasteiger charge is 2.43. The number of carbonyl (C=O) groups is 2. The number of alkyl halides is 2. The molecule has 2 unspecified atom stereocenters. The van der Waals surface area contributed by atoms with E-state index < -0.39 is 49.1 Å². The molecule has 39 heavy (non-hydrogen) atoms. The highest BCUT2D eigenvalue weighted by atomic mass is 19.3. The Morgan fingerprint density at radius 1 is 1.28 bits per heavy atom. The van der Waals surface area contributed by atoms with E-state index in [2.05, 4.69) is 5.32 Å². The first kappa shape index (κ1) is 30.5. The van der Waals surface area contributed by atoms with Crippen molar-refractivity contribution < 1.29 is 33.2 Å². The van der Waals surface area contributed by atoms with Gasteiger partial charge in [0.1, 0.15) is 18.2 Å². The topological polar surface area (TPSA) is 126 Å². The van der Waals surface area contributed by atoms with Gasteiger partial charge in [-0.15, -0.1) is 0 Å². The number of carbonyl (C=O) groups excluding carboxylic acids is 2. The van der Waals surface area contributed by atoms with Crippen molar-refractivity contribution in [2.45, 2.75) is 76.3 Å². The molecule has 1 aromatic carbocycles. The Labute approximate surface area is 228 Å². The summed E-state index contributed by atoms with van der Waals surface area (Å²) in [4.78, 5) is 28.9. The lowest BCUT2D eigenvalue weighted by Gasteiger charge is -2.36. The van der Waals surface area contributed by atoms with E-state index in [0.29, 0.717) is 19.4 Å². The quantitative estimate of drug-likeness (QED) is 0.247. The number of hydrogen-bond donors (Lipinski definition) is 3. The van der Waals surface area contributed by atoms with E-state index in [4.69, 9.17) is 4.74 Å². The van der Waals surface area contributed by atoms with Crippen LogP contribution in [0.5, 0.6) is 0 Å². The molecule has 2 amide bonds. The summed E-state index contributed by atoms with van der Waals surface area (Å²) in [5, 5.41) is 31.7. The number of likely N-dealkylation sites (tertiary alicyclic amines) is 2. The molecule has 1 aromatic rings. The van der Waals surface area contributed by atoms with Crippen LogP contribution in [-0.4, -0.2) is 88.7 Å². The van der Waals surface area contributed by atoms with E-state index in [0.717, 1.165) is 17.5 Å². The van der Waals surface area contributed by atoms with Gasteiger partial charge in [0.05, 0.1) is 18.5 Å². The van der Waals surface area contributed by atoms with Crippen LogP contribution in [0.3, 0.4) is 0 Å². The molecule has 0 saturated carbocycles. The number of nitrogens with zero attached hydrogens (tertiary/aromatic N) is 3. The average molecular weight is 546 g/mol. The third-order valence-electron chi connectivity index (χ3n) is 7.37. The number of nitrogens with one attached hydrogen (secondary N) is 1. The third-order valence-corrected chi connectivity index (χ3v) is 7.37. The molecule has 9 nitrogen and oxygen atoms in total. The van der Waals surface area contributed by atoms with Crippen LogP contribution in [0.1, 0.15) is 50.7 Å². The second kappa shape index (κ2) is 12.9. The smallest absolute Gasteiger partial charge is 0.447 e. The second-order valence-corrected chi connectivity index (χ2v) is 11.0. The predicted molar refractivity (Wildman–Crippen MR) is 142 cm³/mol. The number of amides is 2. The Hall–Kier alpha value is -3.01. The summed E-state index contributed by atoms with van der Waals surface area (Å²) in [7, 11) is -1.81. The molecule has 0 radical (unpaired) electrons. The summed E-state index contributed by atoms with van der Waals surface area (Å²) in [6.45, 7) is 5.27. The number of benzene rings is 1. The molecule has 2 atom stereocenters. The van der Waals surface area contributed by atoms with Crippen LogP contribution in [-0.2, 0) is 16.0 Å². The molecule has 0 spiro atoms. The van der Waals surface area contributed by atoms with Crippen LogP contribution in [0.25, 0.3) is 0 Å². The molecule has 2 fully saturated rings. The van der Waals surface area contributed by atoms with Crippen molar-refractivity contribution in [3.63, 3.8) is 0 Å². The fourth-order valence-electron chi connectivity index (χ4n) is 4.98. The highest BCUT2D eigenvalue weighted by Crippen LogP contribution is 2.33. The summed E-state index contributed by atoms with van der Waals surface area (Å²) < 4.78 is 32.9. The Bertz CT molecular complexity index is 1090. The van der Waals surface area contributed by atoms with Crippen molar-refractivity contribution in [3.8, 4) is 6.07 Å². The van der Waals surface area contributed by atoms with Crippen molar-refractivity contribution in [1.82, 2.24) is 15.1 Å². The minimum Gasteiger partial charge on any atom is -0.447 e. The van der Waals surface area contributed by atoms with E-state index >= 15 is 0 Å². The van der Waals surface area contributed by atoms with Gasteiger partial charge in [-0.05, 0) is 58.1 Å². The lowest BCUT2D eigenvalue weighted by Crippen LogP contribution is -2.50. The zero-order valence-electron chi connectivity index (χ0n) is 22.7. The monoisotopic (exact) mass is 546 g/mol. The number of aryl methyl sites for hydroxylation is 1. The number of piperidine rings is 1. The van der Waals surface area contributed by atoms with Crippen molar-refractivity contribution in [2.24, 2.45) is 0 Å². The van der Waals surface area contributed by atoms with Gasteiger partial charge in [0.25, 0.3) is 11.8 Å². The van der Waals surface area contributed by atoms with Gasteiger partial charge in [-0.1, -0.05) is 29.8 Å². The van der Waals surface area contributed by atoms with E-state index in [-0.39, 0.29) is 31.6 Å². The summed E-state index contributed by atoms with van der Waals surface area (Å²) in [5.74, 6) is -4.34. The van der Waals surface area contributed by atoms with E-state index in [1.807, 2.05) is 37.3 Å². The van der Waals surface area contributed by atoms with Crippen LogP contribution in [0.2, 0.25) is 0 Å².